The van der Waals surface area contributed by atoms with Crippen molar-refractivity contribution in [1.82, 2.24) is 4.90 Å². The highest BCUT2D eigenvalue weighted by molar-refractivity contribution is 5.94. The van der Waals surface area contributed by atoms with Gasteiger partial charge >= 0.3 is 0 Å². The van der Waals surface area contributed by atoms with E-state index in [0.717, 1.165) is 22.7 Å². The van der Waals surface area contributed by atoms with Crippen LogP contribution in [-0.2, 0) is 11.3 Å². The molecule has 0 bridgehead atoms. The molecule has 0 aliphatic carbocycles. The zero-order chi connectivity index (χ0) is 18.4. The zero-order valence-electron chi connectivity index (χ0n) is 14.7. The van der Waals surface area contributed by atoms with E-state index in [-0.39, 0.29) is 19.2 Å². The Labute approximate surface area is 153 Å². The fourth-order valence-corrected chi connectivity index (χ4v) is 2.89. The van der Waals surface area contributed by atoms with E-state index in [1.807, 2.05) is 60.5 Å². The van der Waals surface area contributed by atoms with E-state index in [4.69, 9.17) is 14.7 Å². The summed E-state index contributed by atoms with van der Waals surface area (Å²) in [5, 5.41) is 8.88. The van der Waals surface area contributed by atoms with Gasteiger partial charge in [0.2, 0.25) is 12.7 Å². The molecule has 0 aromatic heterocycles. The minimum atomic E-state index is -0.0327. The first-order valence-electron chi connectivity index (χ1n) is 8.47. The first-order chi connectivity index (χ1) is 12.7. The van der Waals surface area contributed by atoms with Gasteiger partial charge in [0.25, 0.3) is 0 Å². The summed E-state index contributed by atoms with van der Waals surface area (Å²) in [7, 11) is 1.90. The summed E-state index contributed by atoms with van der Waals surface area (Å²) in [4.78, 5) is 16.4. The highest BCUT2D eigenvalue weighted by Crippen LogP contribution is 2.32. The van der Waals surface area contributed by atoms with Crippen molar-refractivity contribution in [1.29, 1.82) is 5.26 Å². The van der Waals surface area contributed by atoms with Crippen LogP contribution in [0.15, 0.2) is 48.5 Å². The maximum Gasteiger partial charge on any atom is 0.241 e. The SMILES string of the molecule is CN(CC(=O)N(CCC#N)c1ccccc1)Cc1ccc2c(c1)OCO2. The maximum absolute atomic E-state index is 12.8. The largest absolute Gasteiger partial charge is 0.454 e. The second-order valence-electron chi connectivity index (χ2n) is 6.15. The Morgan fingerprint density at radius 2 is 1.92 bits per heavy atom. The molecule has 0 N–H and O–H groups in total. The third kappa shape index (κ3) is 4.32. The van der Waals surface area contributed by atoms with Gasteiger partial charge in [-0.05, 0) is 36.9 Å². The van der Waals surface area contributed by atoms with Crippen LogP contribution in [0.25, 0.3) is 0 Å². The second kappa shape index (κ2) is 8.37. The molecule has 3 rings (SSSR count). The Balaban J connectivity index is 1.63. The normalized spacial score (nSPS) is 12.0. The van der Waals surface area contributed by atoms with E-state index in [9.17, 15) is 4.79 Å². The lowest BCUT2D eigenvalue weighted by Gasteiger charge is -2.25. The number of para-hydroxylation sites is 1. The Bertz CT molecular complexity index is 802. The fourth-order valence-electron chi connectivity index (χ4n) is 2.89. The van der Waals surface area contributed by atoms with Gasteiger partial charge in [0.15, 0.2) is 11.5 Å². The molecule has 0 atom stereocenters. The van der Waals surface area contributed by atoms with Crippen LogP contribution >= 0.6 is 0 Å². The molecule has 6 heteroatoms. The van der Waals surface area contributed by atoms with Gasteiger partial charge in [-0.15, -0.1) is 0 Å². The van der Waals surface area contributed by atoms with Crippen molar-refractivity contribution in [3.8, 4) is 17.6 Å². The Morgan fingerprint density at radius 3 is 2.69 bits per heavy atom. The zero-order valence-corrected chi connectivity index (χ0v) is 14.7. The third-order valence-electron chi connectivity index (χ3n) is 4.11. The predicted octanol–water partition coefficient (Wildman–Crippen LogP) is 2.79. The molecule has 134 valence electrons. The molecule has 1 aliphatic rings. The van der Waals surface area contributed by atoms with E-state index >= 15 is 0 Å². The van der Waals surface area contributed by atoms with Crippen molar-refractivity contribution in [2.24, 2.45) is 0 Å². The highest BCUT2D eigenvalue weighted by Gasteiger charge is 2.18. The molecule has 0 radical (unpaired) electrons. The number of anilines is 1. The van der Waals surface area contributed by atoms with Crippen molar-refractivity contribution in [3.05, 3.63) is 54.1 Å². The number of fused-ring (bicyclic) bond motifs is 1. The maximum atomic E-state index is 12.8. The molecular formula is C20H21N3O3. The Morgan fingerprint density at radius 1 is 1.15 bits per heavy atom. The Hall–Kier alpha value is -3.04. The summed E-state index contributed by atoms with van der Waals surface area (Å²) in [6.07, 6.45) is 0.298. The molecule has 0 fully saturated rings. The van der Waals surface area contributed by atoms with Gasteiger partial charge in [-0.25, -0.2) is 0 Å². The molecule has 1 amide bonds. The van der Waals surface area contributed by atoms with Gasteiger partial charge in [0, 0.05) is 18.8 Å². The number of nitrogens with zero attached hydrogens (tertiary/aromatic N) is 3. The van der Waals surface area contributed by atoms with Crippen LogP contribution in [0.5, 0.6) is 11.5 Å². The number of likely N-dealkylation sites (N-methyl/N-ethyl adjacent to an activating group) is 1. The average Bonchev–Trinajstić information content (AvgIpc) is 3.10. The second-order valence-corrected chi connectivity index (χ2v) is 6.15. The molecule has 0 saturated heterocycles. The number of rotatable bonds is 7. The quantitative estimate of drug-likeness (QED) is 0.767. The molecule has 1 heterocycles. The number of hydrogen-bond acceptors (Lipinski definition) is 5. The monoisotopic (exact) mass is 351 g/mol. The summed E-state index contributed by atoms with van der Waals surface area (Å²) in [5.41, 5.74) is 1.86. The van der Waals surface area contributed by atoms with Crippen LogP contribution in [0, 0.1) is 11.3 Å². The van der Waals surface area contributed by atoms with Gasteiger partial charge in [0.1, 0.15) is 0 Å². The van der Waals surface area contributed by atoms with Crippen LogP contribution in [0.2, 0.25) is 0 Å². The van der Waals surface area contributed by atoms with Gasteiger partial charge in [0.05, 0.1) is 19.0 Å². The topological polar surface area (TPSA) is 65.8 Å². The number of carbonyl (C=O) groups excluding carboxylic acids is 1. The number of nitriles is 1. The number of carbonyl (C=O) groups is 1. The fraction of sp³-hybridized carbons (Fsp3) is 0.300. The molecule has 6 nitrogen and oxygen atoms in total. The van der Waals surface area contributed by atoms with E-state index in [0.29, 0.717) is 19.5 Å². The molecule has 2 aromatic rings. The minimum Gasteiger partial charge on any atom is -0.454 e. The van der Waals surface area contributed by atoms with E-state index in [1.165, 1.54) is 0 Å². The van der Waals surface area contributed by atoms with Crippen LogP contribution in [0.3, 0.4) is 0 Å². The average molecular weight is 351 g/mol. The molecule has 0 saturated carbocycles. The molecular weight excluding hydrogens is 330 g/mol. The molecule has 0 unspecified atom stereocenters. The van der Waals surface area contributed by atoms with Crippen LogP contribution in [0.1, 0.15) is 12.0 Å². The smallest absolute Gasteiger partial charge is 0.241 e. The van der Waals surface area contributed by atoms with Crippen LogP contribution in [0.4, 0.5) is 5.69 Å². The van der Waals surface area contributed by atoms with E-state index in [2.05, 4.69) is 6.07 Å². The van der Waals surface area contributed by atoms with Gasteiger partial charge in [-0.2, -0.15) is 5.26 Å². The number of amides is 1. The molecule has 1 aliphatic heterocycles. The Kier molecular flexibility index (Phi) is 5.72. The first kappa shape index (κ1) is 17.8. The van der Waals surface area contributed by atoms with Crippen LogP contribution in [-0.4, -0.2) is 37.7 Å². The van der Waals surface area contributed by atoms with Crippen molar-refractivity contribution in [2.45, 2.75) is 13.0 Å². The summed E-state index contributed by atoms with van der Waals surface area (Å²) < 4.78 is 10.7. The van der Waals surface area contributed by atoms with Gasteiger partial charge < -0.3 is 14.4 Å². The van der Waals surface area contributed by atoms with Crippen molar-refractivity contribution >= 4 is 11.6 Å². The first-order valence-corrected chi connectivity index (χ1v) is 8.47. The van der Waals surface area contributed by atoms with Gasteiger partial charge in [-0.3, -0.25) is 9.69 Å². The summed E-state index contributed by atoms with van der Waals surface area (Å²) in [6, 6.07) is 17.3. The number of hydrogen-bond donors (Lipinski definition) is 0. The molecule has 2 aromatic carbocycles. The summed E-state index contributed by atoms with van der Waals surface area (Å²) in [5.74, 6) is 1.45. The number of benzene rings is 2. The number of ether oxygens (including phenoxy) is 2. The lowest BCUT2D eigenvalue weighted by molar-refractivity contribution is -0.119. The summed E-state index contributed by atoms with van der Waals surface area (Å²) in [6.45, 7) is 1.51. The lowest BCUT2D eigenvalue weighted by Crippen LogP contribution is -2.39. The standard InChI is InChI=1S/C20H21N3O3/c1-22(13-16-8-9-18-19(12-16)26-15-25-18)14-20(24)23(11-5-10-21)17-6-3-2-4-7-17/h2-4,6-9,12H,5,11,13-15H2,1H3. The minimum absolute atomic E-state index is 0.0327. The van der Waals surface area contributed by atoms with Crippen LogP contribution < -0.4 is 14.4 Å². The third-order valence-corrected chi connectivity index (χ3v) is 4.11. The molecule has 0 spiro atoms. The lowest BCUT2D eigenvalue weighted by atomic mass is 10.2. The van der Waals surface area contributed by atoms with Crippen molar-refractivity contribution < 1.29 is 14.3 Å². The van der Waals surface area contributed by atoms with E-state index in [1.54, 1.807) is 4.90 Å². The van der Waals surface area contributed by atoms with Crippen molar-refractivity contribution in [3.63, 3.8) is 0 Å². The van der Waals surface area contributed by atoms with Gasteiger partial charge in [-0.1, -0.05) is 24.3 Å². The molecule has 26 heavy (non-hydrogen) atoms. The van der Waals surface area contributed by atoms with E-state index < -0.39 is 0 Å². The highest BCUT2D eigenvalue weighted by atomic mass is 16.7. The van der Waals surface area contributed by atoms with Crippen molar-refractivity contribution in [2.75, 3.05) is 31.8 Å². The summed E-state index contributed by atoms with van der Waals surface area (Å²) >= 11 is 0. The predicted molar refractivity (Wildman–Crippen MR) is 97.9 cm³/mol.